The lowest BCUT2D eigenvalue weighted by Crippen LogP contribution is -2.21. The number of hydrogen-bond acceptors (Lipinski definition) is 5. The molecule has 0 radical (unpaired) electrons. The zero-order valence-electron chi connectivity index (χ0n) is 17.0. The van der Waals surface area contributed by atoms with Crippen LogP contribution in [0.4, 0.5) is 5.69 Å². The summed E-state index contributed by atoms with van der Waals surface area (Å²) >= 11 is 6.26. The van der Waals surface area contributed by atoms with Gasteiger partial charge in [-0.3, -0.25) is 4.72 Å². The fourth-order valence-corrected chi connectivity index (χ4v) is 4.62. The lowest BCUT2D eigenvalue weighted by atomic mass is 10.3. The van der Waals surface area contributed by atoms with Gasteiger partial charge in [0.1, 0.15) is 23.4 Å². The van der Waals surface area contributed by atoms with Crippen LogP contribution in [0.1, 0.15) is 6.42 Å². The van der Waals surface area contributed by atoms with Crippen LogP contribution in [0.25, 0.3) is 0 Å². The van der Waals surface area contributed by atoms with Gasteiger partial charge in [-0.1, -0.05) is 35.9 Å². The van der Waals surface area contributed by atoms with Gasteiger partial charge in [0.15, 0.2) is 0 Å². The van der Waals surface area contributed by atoms with Crippen LogP contribution in [0, 0.1) is 0 Å². The van der Waals surface area contributed by atoms with Gasteiger partial charge in [-0.2, -0.15) is 0 Å². The third kappa shape index (κ3) is 5.50. The summed E-state index contributed by atoms with van der Waals surface area (Å²) in [5.41, 5.74) is 0.375. The van der Waals surface area contributed by atoms with Crippen molar-refractivity contribution in [2.75, 3.05) is 24.9 Å². The van der Waals surface area contributed by atoms with Gasteiger partial charge < -0.3 is 14.4 Å². The van der Waals surface area contributed by atoms with E-state index in [1.54, 1.807) is 42.5 Å². The van der Waals surface area contributed by atoms with E-state index >= 15 is 0 Å². The molecule has 1 atom stereocenters. The lowest BCUT2D eigenvalue weighted by molar-refractivity contribution is 0.208. The number of rotatable bonds is 7. The molecule has 0 unspecified atom stereocenters. The number of nitrogens with zero attached hydrogens (tertiary/aromatic N) is 1. The van der Waals surface area contributed by atoms with Crippen LogP contribution in [0.3, 0.4) is 0 Å². The van der Waals surface area contributed by atoms with Crippen LogP contribution >= 0.6 is 11.6 Å². The lowest BCUT2D eigenvalue weighted by Gasteiger charge is -2.16. The number of para-hydroxylation sites is 1. The van der Waals surface area contributed by atoms with E-state index in [1.165, 1.54) is 12.1 Å². The SMILES string of the molecule is CN1CC[C@@H](Oc2cc(NS(=O)(=O)c3cccc(Oc4ccccc4)c3)ccc2Cl)C1. The van der Waals surface area contributed by atoms with Crippen molar-refractivity contribution in [1.29, 1.82) is 0 Å². The second-order valence-corrected chi connectivity index (χ2v) is 9.52. The smallest absolute Gasteiger partial charge is 0.262 e. The average molecular weight is 459 g/mol. The number of likely N-dealkylation sites (N-methyl/N-ethyl adjacent to an activating group) is 1. The summed E-state index contributed by atoms with van der Waals surface area (Å²) in [6.07, 6.45) is 0.929. The highest BCUT2D eigenvalue weighted by Crippen LogP contribution is 2.31. The molecule has 0 amide bonds. The summed E-state index contributed by atoms with van der Waals surface area (Å²) in [4.78, 5) is 2.27. The van der Waals surface area contributed by atoms with Crippen molar-refractivity contribution in [3.8, 4) is 17.2 Å². The van der Waals surface area contributed by atoms with Crippen molar-refractivity contribution in [3.05, 3.63) is 77.8 Å². The molecular formula is C23H23ClN2O4S. The van der Waals surface area contributed by atoms with E-state index < -0.39 is 10.0 Å². The first-order valence-corrected chi connectivity index (χ1v) is 11.8. The molecule has 6 nitrogen and oxygen atoms in total. The minimum absolute atomic E-state index is 0.0289. The van der Waals surface area contributed by atoms with Gasteiger partial charge in [0.2, 0.25) is 0 Å². The van der Waals surface area contributed by atoms with Crippen molar-refractivity contribution in [2.45, 2.75) is 17.4 Å². The van der Waals surface area contributed by atoms with Crippen LogP contribution in [-0.4, -0.2) is 39.6 Å². The molecule has 3 aromatic carbocycles. The van der Waals surface area contributed by atoms with E-state index in [0.29, 0.717) is 28.0 Å². The number of halogens is 1. The molecular weight excluding hydrogens is 436 g/mol. The predicted octanol–water partition coefficient (Wildman–Crippen LogP) is 5.02. The van der Waals surface area contributed by atoms with Crippen LogP contribution in [0.2, 0.25) is 5.02 Å². The molecule has 1 aliphatic rings. The molecule has 0 spiro atoms. The maximum Gasteiger partial charge on any atom is 0.262 e. The Labute approximate surface area is 187 Å². The first-order valence-electron chi connectivity index (χ1n) is 9.89. The standard InChI is InChI=1S/C23H23ClN2O4S/c1-26-13-12-20(16-26)30-23-14-17(10-11-22(23)24)25-31(27,28)21-9-5-8-19(15-21)29-18-6-3-2-4-7-18/h2-11,14-15,20,25H,12-13,16H2,1H3/t20-/m1/s1. The van der Waals surface area contributed by atoms with Crippen LogP contribution in [0.5, 0.6) is 17.2 Å². The molecule has 0 aliphatic carbocycles. The summed E-state index contributed by atoms with van der Waals surface area (Å²) in [5.74, 6) is 1.52. The fraction of sp³-hybridized carbons (Fsp3) is 0.217. The van der Waals surface area contributed by atoms with Crippen molar-refractivity contribution >= 4 is 27.3 Å². The van der Waals surface area contributed by atoms with Gasteiger partial charge in [-0.15, -0.1) is 0 Å². The topological polar surface area (TPSA) is 67.9 Å². The summed E-state index contributed by atoms with van der Waals surface area (Å²) in [6.45, 7) is 1.76. The molecule has 3 aromatic rings. The summed E-state index contributed by atoms with van der Waals surface area (Å²) < 4.78 is 40.2. The number of sulfonamides is 1. The Kier molecular flexibility index (Phi) is 6.36. The second kappa shape index (κ2) is 9.18. The highest BCUT2D eigenvalue weighted by atomic mass is 35.5. The van der Waals surface area contributed by atoms with E-state index in [4.69, 9.17) is 21.1 Å². The van der Waals surface area contributed by atoms with E-state index in [-0.39, 0.29) is 11.0 Å². The van der Waals surface area contributed by atoms with Gasteiger partial charge in [0, 0.05) is 25.2 Å². The molecule has 4 rings (SSSR count). The molecule has 0 bridgehead atoms. The minimum atomic E-state index is -3.83. The molecule has 31 heavy (non-hydrogen) atoms. The molecule has 0 aromatic heterocycles. The number of likely N-dealkylation sites (tertiary alicyclic amines) is 1. The van der Waals surface area contributed by atoms with Crippen molar-refractivity contribution in [3.63, 3.8) is 0 Å². The fourth-order valence-electron chi connectivity index (χ4n) is 3.37. The van der Waals surface area contributed by atoms with E-state index in [2.05, 4.69) is 9.62 Å². The molecule has 1 aliphatic heterocycles. The Morgan fingerprint density at radius 3 is 2.52 bits per heavy atom. The van der Waals surface area contributed by atoms with Gasteiger partial charge in [0.25, 0.3) is 10.0 Å². The Hall–Kier alpha value is -2.74. The highest BCUT2D eigenvalue weighted by Gasteiger charge is 2.22. The predicted molar refractivity (Wildman–Crippen MR) is 122 cm³/mol. The molecule has 8 heteroatoms. The molecule has 162 valence electrons. The maximum absolute atomic E-state index is 12.9. The summed E-state index contributed by atoms with van der Waals surface area (Å²) in [5, 5.41) is 0.441. The Bertz CT molecular complexity index is 1160. The third-order valence-corrected chi connectivity index (χ3v) is 6.61. The Morgan fingerprint density at radius 1 is 1.00 bits per heavy atom. The number of hydrogen-bond donors (Lipinski definition) is 1. The van der Waals surface area contributed by atoms with Crippen molar-refractivity contribution in [2.24, 2.45) is 0 Å². The van der Waals surface area contributed by atoms with Gasteiger partial charge in [-0.25, -0.2) is 8.42 Å². The molecule has 1 fully saturated rings. The normalized spacial score (nSPS) is 16.8. The Balaban J connectivity index is 1.51. The molecule has 1 N–H and O–H groups in total. The zero-order valence-corrected chi connectivity index (χ0v) is 18.6. The number of benzene rings is 3. The number of nitrogens with one attached hydrogen (secondary N) is 1. The highest BCUT2D eigenvalue weighted by molar-refractivity contribution is 7.92. The van der Waals surface area contributed by atoms with Crippen LogP contribution < -0.4 is 14.2 Å². The zero-order chi connectivity index (χ0) is 21.8. The third-order valence-electron chi connectivity index (χ3n) is 4.92. The summed E-state index contributed by atoms with van der Waals surface area (Å²) in [7, 11) is -1.80. The first-order chi connectivity index (χ1) is 14.9. The van der Waals surface area contributed by atoms with E-state index in [1.807, 2.05) is 25.2 Å². The van der Waals surface area contributed by atoms with Crippen LogP contribution in [-0.2, 0) is 10.0 Å². The monoisotopic (exact) mass is 458 g/mol. The van der Waals surface area contributed by atoms with Crippen LogP contribution in [0.15, 0.2) is 77.7 Å². The van der Waals surface area contributed by atoms with Crippen molar-refractivity contribution in [1.82, 2.24) is 4.90 Å². The minimum Gasteiger partial charge on any atom is -0.487 e. The quantitative estimate of drug-likeness (QED) is 0.538. The molecule has 0 saturated carbocycles. The maximum atomic E-state index is 12.9. The summed E-state index contributed by atoms with van der Waals surface area (Å²) in [6, 6.07) is 20.4. The average Bonchev–Trinajstić information content (AvgIpc) is 3.16. The number of anilines is 1. The number of ether oxygens (including phenoxy) is 2. The van der Waals surface area contributed by atoms with Gasteiger partial charge >= 0.3 is 0 Å². The second-order valence-electron chi connectivity index (χ2n) is 7.43. The molecule has 1 heterocycles. The van der Waals surface area contributed by atoms with E-state index in [0.717, 1.165) is 19.5 Å². The largest absolute Gasteiger partial charge is 0.487 e. The molecule has 1 saturated heterocycles. The van der Waals surface area contributed by atoms with E-state index in [9.17, 15) is 8.42 Å². The van der Waals surface area contributed by atoms with Gasteiger partial charge in [-0.05, 0) is 49.9 Å². The van der Waals surface area contributed by atoms with Gasteiger partial charge in [0.05, 0.1) is 15.6 Å². The Morgan fingerprint density at radius 2 is 1.77 bits per heavy atom. The van der Waals surface area contributed by atoms with Crippen molar-refractivity contribution < 1.29 is 17.9 Å². The first kappa shape index (κ1) is 21.5.